The number of carbonyl (C=O) groups is 2. The number of anilines is 1. The van der Waals surface area contributed by atoms with Crippen molar-refractivity contribution in [1.29, 1.82) is 0 Å². The Morgan fingerprint density at radius 1 is 1.46 bits per heavy atom. The van der Waals surface area contributed by atoms with Gasteiger partial charge in [0.1, 0.15) is 5.82 Å². The molecule has 1 aliphatic rings. The van der Waals surface area contributed by atoms with Gasteiger partial charge in [0.2, 0.25) is 5.91 Å². The van der Waals surface area contributed by atoms with E-state index in [-0.39, 0.29) is 23.8 Å². The van der Waals surface area contributed by atoms with E-state index in [4.69, 9.17) is 5.73 Å². The van der Waals surface area contributed by atoms with Gasteiger partial charge < -0.3 is 21.3 Å². The predicted molar refractivity (Wildman–Crippen MR) is 90.9 cm³/mol. The lowest BCUT2D eigenvalue weighted by Crippen LogP contribution is -2.46. The number of halogens is 1. The highest BCUT2D eigenvalue weighted by Gasteiger charge is 2.26. The van der Waals surface area contributed by atoms with Gasteiger partial charge in [-0.2, -0.15) is 0 Å². The highest BCUT2D eigenvalue weighted by molar-refractivity contribution is 5.89. The van der Waals surface area contributed by atoms with Crippen LogP contribution in [0.3, 0.4) is 0 Å². The van der Waals surface area contributed by atoms with E-state index in [1.165, 1.54) is 18.2 Å². The highest BCUT2D eigenvalue weighted by atomic mass is 19.1. The zero-order valence-electron chi connectivity index (χ0n) is 13.9. The molecule has 24 heavy (non-hydrogen) atoms. The van der Waals surface area contributed by atoms with Gasteiger partial charge in [-0.1, -0.05) is 13.0 Å². The number of amides is 3. The SMILES string of the molecule is CC(CN)C(=O)N1CCCC(CNC(=O)Nc2cccc(F)c2)C1. The topological polar surface area (TPSA) is 87.5 Å². The van der Waals surface area contributed by atoms with Crippen LogP contribution in [0.5, 0.6) is 0 Å². The molecule has 0 aliphatic carbocycles. The van der Waals surface area contributed by atoms with E-state index in [0.717, 1.165) is 19.4 Å². The Morgan fingerprint density at radius 3 is 2.96 bits per heavy atom. The second kappa shape index (κ2) is 8.63. The number of nitrogens with zero attached hydrogens (tertiary/aromatic N) is 1. The summed E-state index contributed by atoms with van der Waals surface area (Å²) in [6.07, 6.45) is 1.88. The Balaban J connectivity index is 1.79. The molecule has 0 radical (unpaired) electrons. The number of rotatable bonds is 5. The molecule has 6 nitrogen and oxygen atoms in total. The van der Waals surface area contributed by atoms with Crippen molar-refractivity contribution < 1.29 is 14.0 Å². The van der Waals surface area contributed by atoms with Gasteiger partial charge in [0.15, 0.2) is 0 Å². The molecule has 0 saturated carbocycles. The Labute approximate surface area is 141 Å². The summed E-state index contributed by atoms with van der Waals surface area (Å²) in [7, 11) is 0. The van der Waals surface area contributed by atoms with Gasteiger partial charge in [0.05, 0.1) is 0 Å². The molecular weight excluding hydrogens is 311 g/mol. The monoisotopic (exact) mass is 336 g/mol. The normalized spacial score (nSPS) is 18.8. The molecular formula is C17H25FN4O2. The number of hydrogen-bond donors (Lipinski definition) is 3. The molecule has 2 rings (SSSR count). The summed E-state index contributed by atoms with van der Waals surface area (Å²) in [5.41, 5.74) is 5.96. The zero-order chi connectivity index (χ0) is 17.5. The third-order valence-electron chi connectivity index (χ3n) is 4.24. The first-order valence-electron chi connectivity index (χ1n) is 8.29. The van der Waals surface area contributed by atoms with E-state index in [0.29, 0.717) is 25.3 Å². The lowest BCUT2D eigenvalue weighted by atomic mass is 9.96. The summed E-state index contributed by atoms with van der Waals surface area (Å²) in [5, 5.41) is 5.38. The minimum atomic E-state index is -0.400. The van der Waals surface area contributed by atoms with Gasteiger partial charge in [0, 0.05) is 37.8 Å². The molecule has 4 N–H and O–H groups in total. The standard InChI is InChI=1S/C17H25FN4O2/c1-12(9-19)16(23)22-7-3-4-13(11-22)10-20-17(24)21-15-6-2-5-14(18)8-15/h2,5-6,8,12-13H,3-4,7,9-11,19H2,1H3,(H2,20,21,24). The van der Waals surface area contributed by atoms with Crippen LogP contribution >= 0.6 is 0 Å². The summed E-state index contributed by atoms with van der Waals surface area (Å²) < 4.78 is 13.1. The van der Waals surface area contributed by atoms with Crippen molar-refractivity contribution in [2.45, 2.75) is 19.8 Å². The molecule has 0 spiro atoms. The number of urea groups is 1. The fraction of sp³-hybridized carbons (Fsp3) is 0.529. The van der Waals surface area contributed by atoms with Crippen LogP contribution in [-0.2, 0) is 4.79 Å². The van der Waals surface area contributed by atoms with Crippen LogP contribution < -0.4 is 16.4 Å². The Morgan fingerprint density at radius 2 is 2.25 bits per heavy atom. The molecule has 132 valence electrons. The maximum Gasteiger partial charge on any atom is 0.319 e. The lowest BCUT2D eigenvalue weighted by Gasteiger charge is -2.34. The van der Waals surface area contributed by atoms with Crippen molar-refractivity contribution in [3.63, 3.8) is 0 Å². The van der Waals surface area contributed by atoms with Gasteiger partial charge in [-0.3, -0.25) is 4.79 Å². The number of piperidine rings is 1. The van der Waals surface area contributed by atoms with E-state index in [1.807, 2.05) is 11.8 Å². The first-order chi connectivity index (χ1) is 11.5. The van der Waals surface area contributed by atoms with Crippen LogP contribution in [0.4, 0.5) is 14.9 Å². The van der Waals surface area contributed by atoms with Crippen molar-refractivity contribution in [3.8, 4) is 0 Å². The summed E-state index contributed by atoms with van der Waals surface area (Å²) in [4.78, 5) is 25.9. The van der Waals surface area contributed by atoms with Crippen molar-refractivity contribution in [1.82, 2.24) is 10.2 Å². The molecule has 1 aliphatic heterocycles. The smallest absolute Gasteiger partial charge is 0.319 e. The maximum absolute atomic E-state index is 13.1. The first-order valence-corrected chi connectivity index (χ1v) is 8.29. The van der Waals surface area contributed by atoms with Gasteiger partial charge in [0.25, 0.3) is 0 Å². The fourth-order valence-electron chi connectivity index (χ4n) is 2.82. The van der Waals surface area contributed by atoms with Crippen LogP contribution in [0.15, 0.2) is 24.3 Å². The van der Waals surface area contributed by atoms with Gasteiger partial charge in [-0.15, -0.1) is 0 Å². The predicted octanol–water partition coefficient (Wildman–Crippen LogP) is 1.78. The van der Waals surface area contributed by atoms with E-state index in [2.05, 4.69) is 10.6 Å². The summed E-state index contributed by atoms with van der Waals surface area (Å²) in [6.45, 7) is 4.02. The molecule has 2 atom stereocenters. The van der Waals surface area contributed by atoms with Gasteiger partial charge >= 0.3 is 6.03 Å². The molecule has 3 amide bonds. The van der Waals surface area contributed by atoms with Crippen LogP contribution in [0.2, 0.25) is 0 Å². The Hall–Kier alpha value is -2.15. The van der Waals surface area contributed by atoms with Crippen molar-refractivity contribution >= 4 is 17.6 Å². The molecule has 7 heteroatoms. The first kappa shape index (κ1) is 18.2. The number of benzene rings is 1. The van der Waals surface area contributed by atoms with Crippen molar-refractivity contribution in [2.75, 3.05) is 31.5 Å². The van der Waals surface area contributed by atoms with E-state index in [9.17, 15) is 14.0 Å². The average molecular weight is 336 g/mol. The highest BCUT2D eigenvalue weighted by Crippen LogP contribution is 2.18. The number of carbonyl (C=O) groups excluding carboxylic acids is 2. The lowest BCUT2D eigenvalue weighted by molar-refractivity contribution is -0.136. The molecule has 1 heterocycles. The maximum atomic E-state index is 13.1. The second-order valence-electron chi connectivity index (χ2n) is 6.27. The molecule has 0 bridgehead atoms. The number of nitrogens with one attached hydrogen (secondary N) is 2. The molecule has 0 aromatic heterocycles. The largest absolute Gasteiger partial charge is 0.342 e. The molecule has 2 unspecified atom stereocenters. The van der Waals surface area contributed by atoms with Crippen LogP contribution in [-0.4, -0.2) is 43.0 Å². The summed E-state index contributed by atoms with van der Waals surface area (Å²) in [5.74, 6) is -0.284. The van der Waals surface area contributed by atoms with Gasteiger partial charge in [-0.05, 0) is 37.0 Å². The molecule has 1 fully saturated rings. The van der Waals surface area contributed by atoms with E-state index >= 15 is 0 Å². The zero-order valence-corrected chi connectivity index (χ0v) is 13.9. The molecule has 1 aromatic rings. The van der Waals surface area contributed by atoms with Crippen molar-refractivity contribution in [3.05, 3.63) is 30.1 Å². The minimum Gasteiger partial charge on any atom is -0.342 e. The van der Waals surface area contributed by atoms with Gasteiger partial charge in [-0.25, -0.2) is 9.18 Å². The number of hydrogen-bond acceptors (Lipinski definition) is 3. The van der Waals surface area contributed by atoms with E-state index < -0.39 is 5.82 Å². The molecule has 1 aromatic carbocycles. The van der Waals surface area contributed by atoms with Crippen molar-refractivity contribution in [2.24, 2.45) is 17.6 Å². The van der Waals surface area contributed by atoms with Crippen LogP contribution in [0, 0.1) is 17.7 Å². The second-order valence-corrected chi connectivity index (χ2v) is 6.27. The fourth-order valence-corrected chi connectivity index (χ4v) is 2.82. The Bertz CT molecular complexity index is 581. The average Bonchev–Trinajstić information content (AvgIpc) is 2.59. The van der Waals surface area contributed by atoms with Crippen LogP contribution in [0.1, 0.15) is 19.8 Å². The third kappa shape index (κ3) is 5.19. The quantitative estimate of drug-likeness (QED) is 0.766. The summed E-state index contributed by atoms with van der Waals surface area (Å²) in [6, 6.07) is 5.36. The summed E-state index contributed by atoms with van der Waals surface area (Å²) >= 11 is 0. The number of likely N-dealkylation sites (tertiary alicyclic amines) is 1. The van der Waals surface area contributed by atoms with Crippen LogP contribution in [0.25, 0.3) is 0 Å². The van der Waals surface area contributed by atoms with E-state index in [1.54, 1.807) is 6.07 Å². The number of nitrogens with two attached hydrogens (primary N) is 1. The Kier molecular flexibility index (Phi) is 6.54. The minimum absolute atomic E-state index is 0.0754. The molecule has 1 saturated heterocycles. The third-order valence-corrected chi connectivity index (χ3v) is 4.24.